The second-order valence-electron chi connectivity index (χ2n) is 1.75. The first-order valence-electron chi connectivity index (χ1n) is 2.81. The fourth-order valence-corrected chi connectivity index (χ4v) is 0.903. The molecule has 0 atom stereocenters. The van der Waals surface area contributed by atoms with Crippen LogP contribution >= 0.6 is 11.6 Å². The van der Waals surface area contributed by atoms with Gasteiger partial charge in [-0.25, -0.2) is 9.97 Å². The van der Waals surface area contributed by atoms with Crippen molar-refractivity contribution in [3.05, 3.63) is 11.5 Å². The molecule has 0 saturated carbocycles. The van der Waals surface area contributed by atoms with Crippen LogP contribution in [0.1, 0.15) is 0 Å². The van der Waals surface area contributed by atoms with E-state index in [1.54, 1.807) is 7.28 Å². The van der Waals surface area contributed by atoms with E-state index in [4.69, 9.17) is 17.3 Å². The molecule has 0 aromatic carbocycles. The highest BCUT2D eigenvalue weighted by Crippen LogP contribution is 2.00. The predicted molar refractivity (Wildman–Crippen MR) is 42.7 cm³/mol. The van der Waals surface area contributed by atoms with Gasteiger partial charge in [-0.05, 0) is 5.46 Å². The molecule has 1 aromatic heterocycles. The lowest BCUT2D eigenvalue weighted by Crippen LogP contribution is -2.19. The Balaban J connectivity index is 3.17. The first-order valence-corrected chi connectivity index (χ1v) is 3.19. The monoisotopic (exact) mass is 154 g/mol. The third kappa shape index (κ3) is 1.21. The molecule has 0 unspecified atom stereocenters. The van der Waals surface area contributed by atoms with E-state index in [2.05, 4.69) is 9.97 Å². The molecule has 5 heteroatoms. The van der Waals surface area contributed by atoms with Crippen molar-refractivity contribution in [3.63, 3.8) is 0 Å². The topological polar surface area (TPSA) is 51.8 Å². The predicted octanol–water partition coefficient (Wildman–Crippen LogP) is 0.0898. The van der Waals surface area contributed by atoms with Crippen LogP contribution in [0.3, 0.4) is 0 Å². The van der Waals surface area contributed by atoms with Crippen molar-refractivity contribution in [2.24, 2.45) is 0 Å². The molecular weight excluding hydrogens is 148 g/mol. The number of nitrogens with zero attached hydrogens (tertiary/aromatic N) is 2. The summed E-state index contributed by atoms with van der Waals surface area (Å²) in [4.78, 5) is 7.52. The van der Waals surface area contributed by atoms with Crippen LogP contribution in [-0.2, 0) is 0 Å². The van der Waals surface area contributed by atoms with Gasteiger partial charge in [-0.1, -0.05) is 18.4 Å². The standard InChI is InChI=1S/C5H6BClN3/c1-6-3-4(7)9-2-10-5(3)8/h2H,1H3,(H2,8,9,10). The lowest BCUT2D eigenvalue weighted by atomic mass is 9.74. The average Bonchev–Trinajstić information content (AvgIpc) is 1.88. The smallest absolute Gasteiger partial charge is 0.157 e. The Morgan fingerprint density at radius 1 is 1.60 bits per heavy atom. The summed E-state index contributed by atoms with van der Waals surface area (Å²) in [5.41, 5.74) is 6.16. The van der Waals surface area contributed by atoms with Crippen LogP contribution in [0, 0.1) is 0 Å². The lowest BCUT2D eigenvalue weighted by Gasteiger charge is -2.00. The minimum absolute atomic E-state index is 0.398. The van der Waals surface area contributed by atoms with Gasteiger partial charge in [0.05, 0.1) is 0 Å². The summed E-state index contributed by atoms with van der Waals surface area (Å²) in [5.74, 6) is 0.419. The van der Waals surface area contributed by atoms with Gasteiger partial charge in [0.2, 0.25) is 0 Å². The van der Waals surface area contributed by atoms with Gasteiger partial charge in [0.15, 0.2) is 7.28 Å². The van der Waals surface area contributed by atoms with Crippen molar-refractivity contribution in [1.82, 2.24) is 9.97 Å². The SMILES string of the molecule is C[B]c1c(N)ncnc1Cl. The third-order valence-corrected chi connectivity index (χ3v) is 1.46. The zero-order chi connectivity index (χ0) is 7.56. The Morgan fingerprint density at radius 2 is 2.30 bits per heavy atom. The molecule has 1 radical (unpaired) electrons. The Labute approximate surface area is 64.9 Å². The molecule has 1 aromatic rings. The average molecular weight is 154 g/mol. The second-order valence-corrected chi connectivity index (χ2v) is 2.11. The van der Waals surface area contributed by atoms with Crippen molar-refractivity contribution >= 4 is 30.2 Å². The molecular formula is C5H6BClN3. The number of nitrogen functional groups attached to an aromatic ring is 1. The van der Waals surface area contributed by atoms with Gasteiger partial charge >= 0.3 is 0 Å². The number of rotatable bonds is 1. The van der Waals surface area contributed by atoms with Gasteiger partial charge in [-0.3, -0.25) is 0 Å². The zero-order valence-corrected chi connectivity index (χ0v) is 6.26. The number of anilines is 1. The molecule has 0 fully saturated rings. The second kappa shape index (κ2) is 2.88. The summed E-state index contributed by atoms with van der Waals surface area (Å²) in [6.45, 7) is 1.83. The van der Waals surface area contributed by atoms with Gasteiger partial charge in [0.1, 0.15) is 17.3 Å². The summed E-state index contributed by atoms with van der Waals surface area (Å²) < 4.78 is 0. The highest BCUT2D eigenvalue weighted by Gasteiger charge is 2.03. The fraction of sp³-hybridized carbons (Fsp3) is 0.200. The van der Waals surface area contributed by atoms with Crippen molar-refractivity contribution in [3.8, 4) is 0 Å². The fourth-order valence-electron chi connectivity index (χ4n) is 0.654. The van der Waals surface area contributed by atoms with E-state index in [-0.39, 0.29) is 0 Å². The van der Waals surface area contributed by atoms with Crippen LogP contribution < -0.4 is 11.2 Å². The molecule has 1 rings (SSSR count). The van der Waals surface area contributed by atoms with Crippen LogP contribution in [0.2, 0.25) is 12.0 Å². The van der Waals surface area contributed by atoms with E-state index < -0.39 is 0 Å². The van der Waals surface area contributed by atoms with Crippen molar-refractivity contribution < 1.29 is 0 Å². The van der Waals surface area contributed by atoms with E-state index in [1.807, 2.05) is 6.82 Å². The highest BCUT2D eigenvalue weighted by molar-refractivity contribution is 6.58. The minimum atomic E-state index is 0.398. The number of nitrogens with two attached hydrogens (primary N) is 1. The Kier molecular flexibility index (Phi) is 2.11. The first kappa shape index (κ1) is 7.34. The van der Waals surface area contributed by atoms with E-state index in [1.165, 1.54) is 6.33 Å². The molecule has 0 bridgehead atoms. The van der Waals surface area contributed by atoms with Crippen LogP contribution in [0.4, 0.5) is 5.82 Å². The van der Waals surface area contributed by atoms with Crippen molar-refractivity contribution in [1.29, 1.82) is 0 Å². The molecule has 3 nitrogen and oxygen atoms in total. The molecule has 2 N–H and O–H groups in total. The summed E-state index contributed by atoms with van der Waals surface area (Å²) in [7, 11) is 1.78. The molecule has 0 amide bonds. The van der Waals surface area contributed by atoms with Crippen molar-refractivity contribution in [2.45, 2.75) is 6.82 Å². The number of hydrogen-bond donors (Lipinski definition) is 1. The van der Waals surface area contributed by atoms with Gasteiger partial charge in [-0.15, -0.1) is 0 Å². The van der Waals surface area contributed by atoms with E-state index in [9.17, 15) is 0 Å². The van der Waals surface area contributed by atoms with E-state index in [0.29, 0.717) is 16.4 Å². The summed E-state index contributed by atoms with van der Waals surface area (Å²) in [6.07, 6.45) is 1.34. The Hall–Kier alpha value is -0.765. The Morgan fingerprint density at radius 3 is 2.70 bits per heavy atom. The maximum absolute atomic E-state index is 5.67. The minimum Gasteiger partial charge on any atom is -0.384 e. The normalized spacial score (nSPS) is 9.40. The summed E-state index contributed by atoms with van der Waals surface area (Å²) in [6, 6.07) is 0. The van der Waals surface area contributed by atoms with Gasteiger partial charge in [0, 0.05) is 0 Å². The van der Waals surface area contributed by atoms with Gasteiger partial charge in [0.25, 0.3) is 0 Å². The number of aromatic nitrogens is 2. The van der Waals surface area contributed by atoms with Crippen LogP contribution in [0.25, 0.3) is 0 Å². The van der Waals surface area contributed by atoms with Crippen molar-refractivity contribution in [2.75, 3.05) is 5.73 Å². The maximum Gasteiger partial charge on any atom is 0.157 e. The van der Waals surface area contributed by atoms with Crippen LogP contribution in [-0.4, -0.2) is 17.2 Å². The lowest BCUT2D eigenvalue weighted by molar-refractivity contribution is 1.19. The molecule has 0 aliphatic rings. The van der Waals surface area contributed by atoms with Gasteiger partial charge < -0.3 is 5.73 Å². The molecule has 0 spiro atoms. The molecule has 1 heterocycles. The largest absolute Gasteiger partial charge is 0.384 e. The third-order valence-electron chi connectivity index (χ3n) is 1.15. The quantitative estimate of drug-likeness (QED) is 0.461. The molecule has 0 aliphatic heterocycles. The van der Waals surface area contributed by atoms with E-state index in [0.717, 1.165) is 0 Å². The molecule has 51 valence electrons. The summed E-state index contributed by atoms with van der Waals surface area (Å²) >= 11 is 5.67. The Bertz CT molecular complexity index is 220. The summed E-state index contributed by atoms with van der Waals surface area (Å²) in [5, 5.41) is 0.398. The molecule has 0 aliphatic carbocycles. The highest BCUT2D eigenvalue weighted by atomic mass is 35.5. The van der Waals surface area contributed by atoms with Gasteiger partial charge in [-0.2, -0.15) is 0 Å². The van der Waals surface area contributed by atoms with E-state index >= 15 is 0 Å². The maximum atomic E-state index is 5.67. The first-order chi connectivity index (χ1) is 4.75. The molecule has 10 heavy (non-hydrogen) atoms. The molecule has 0 saturated heterocycles. The van der Waals surface area contributed by atoms with Crippen LogP contribution in [0.5, 0.6) is 0 Å². The zero-order valence-electron chi connectivity index (χ0n) is 5.50. The van der Waals surface area contributed by atoms with Crippen LogP contribution in [0.15, 0.2) is 6.33 Å². The number of hydrogen-bond acceptors (Lipinski definition) is 3. The number of halogens is 1.